The summed E-state index contributed by atoms with van der Waals surface area (Å²) in [6, 6.07) is 3.23. The van der Waals surface area contributed by atoms with Gasteiger partial charge >= 0.3 is 6.03 Å². The molecule has 0 aromatic heterocycles. The Balaban J connectivity index is 1.95. The summed E-state index contributed by atoms with van der Waals surface area (Å²) in [5, 5.41) is 4.87. The molecule has 0 aliphatic carbocycles. The number of rotatable bonds is 2. The molecule has 1 fully saturated rings. The fraction of sp³-hybridized carbons (Fsp3) is 0.364. The van der Waals surface area contributed by atoms with E-state index in [9.17, 15) is 17.6 Å². The molecule has 1 aliphatic heterocycles. The molecule has 1 unspecified atom stereocenters. The van der Waals surface area contributed by atoms with Crippen molar-refractivity contribution >= 4 is 37.5 Å². The van der Waals surface area contributed by atoms with Gasteiger partial charge in [0.1, 0.15) is 5.82 Å². The van der Waals surface area contributed by atoms with Crippen molar-refractivity contribution in [3.05, 3.63) is 28.5 Å². The Morgan fingerprint density at radius 3 is 2.74 bits per heavy atom. The fourth-order valence-corrected chi connectivity index (χ4v) is 3.85. The van der Waals surface area contributed by atoms with Crippen molar-refractivity contribution in [2.45, 2.75) is 12.5 Å². The molecule has 1 aliphatic rings. The average Bonchev–Trinajstić information content (AvgIpc) is 2.62. The van der Waals surface area contributed by atoms with Crippen LogP contribution in [0.2, 0.25) is 0 Å². The molecule has 2 N–H and O–H groups in total. The van der Waals surface area contributed by atoms with Gasteiger partial charge in [0.05, 0.1) is 17.2 Å². The monoisotopic (exact) mass is 350 g/mol. The lowest BCUT2D eigenvalue weighted by Gasteiger charge is -2.12. The molecule has 1 aromatic rings. The molecule has 19 heavy (non-hydrogen) atoms. The minimum absolute atomic E-state index is 0.0431. The van der Waals surface area contributed by atoms with Crippen LogP contribution in [-0.2, 0) is 9.84 Å². The van der Waals surface area contributed by atoms with Gasteiger partial charge in [0, 0.05) is 10.5 Å². The number of carbonyl (C=O) groups is 1. The second kappa shape index (κ2) is 5.46. The molecule has 0 saturated carbocycles. The number of anilines is 1. The van der Waals surface area contributed by atoms with E-state index in [1.807, 2.05) is 0 Å². The third-order valence-corrected chi connectivity index (χ3v) is 5.01. The highest BCUT2D eigenvalue weighted by Gasteiger charge is 2.28. The molecular weight excluding hydrogens is 339 g/mol. The van der Waals surface area contributed by atoms with Crippen LogP contribution in [0.1, 0.15) is 6.42 Å². The van der Waals surface area contributed by atoms with Gasteiger partial charge in [-0.15, -0.1) is 0 Å². The molecule has 0 spiro atoms. The quantitative estimate of drug-likeness (QED) is 0.855. The second-order valence-electron chi connectivity index (χ2n) is 4.32. The van der Waals surface area contributed by atoms with Crippen molar-refractivity contribution < 1.29 is 17.6 Å². The van der Waals surface area contributed by atoms with Crippen LogP contribution < -0.4 is 10.6 Å². The van der Waals surface area contributed by atoms with Crippen molar-refractivity contribution in [1.82, 2.24) is 5.32 Å². The third kappa shape index (κ3) is 3.90. The summed E-state index contributed by atoms with van der Waals surface area (Å²) < 4.78 is 36.5. The Bertz CT molecular complexity index is 606. The largest absolute Gasteiger partial charge is 0.334 e. The van der Waals surface area contributed by atoms with E-state index in [1.165, 1.54) is 12.1 Å². The number of hydrogen-bond donors (Lipinski definition) is 2. The van der Waals surface area contributed by atoms with Crippen LogP contribution >= 0.6 is 15.9 Å². The molecule has 0 radical (unpaired) electrons. The number of amides is 2. The maximum absolute atomic E-state index is 13.5. The van der Waals surface area contributed by atoms with Crippen LogP contribution in [0.4, 0.5) is 14.9 Å². The molecule has 2 rings (SSSR count). The van der Waals surface area contributed by atoms with Gasteiger partial charge in [-0.2, -0.15) is 0 Å². The van der Waals surface area contributed by atoms with Gasteiger partial charge in [0.2, 0.25) is 0 Å². The first-order valence-electron chi connectivity index (χ1n) is 5.59. The minimum atomic E-state index is -3.05. The van der Waals surface area contributed by atoms with E-state index in [4.69, 9.17) is 0 Å². The Morgan fingerprint density at radius 2 is 2.16 bits per heavy atom. The van der Waals surface area contributed by atoms with Crippen LogP contribution in [0, 0.1) is 5.82 Å². The zero-order valence-electron chi connectivity index (χ0n) is 9.82. The Hall–Kier alpha value is -1.15. The molecule has 2 amide bonds. The first-order chi connectivity index (χ1) is 8.85. The van der Waals surface area contributed by atoms with Crippen LogP contribution in [0.25, 0.3) is 0 Å². The summed E-state index contributed by atoms with van der Waals surface area (Å²) in [5.74, 6) is -0.558. The van der Waals surface area contributed by atoms with Gasteiger partial charge in [-0.25, -0.2) is 17.6 Å². The van der Waals surface area contributed by atoms with Crippen LogP contribution in [-0.4, -0.2) is 32.0 Å². The number of carbonyl (C=O) groups excluding carboxylic acids is 1. The highest BCUT2D eigenvalue weighted by atomic mass is 79.9. The summed E-state index contributed by atoms with van der Waals surface area (Å²) in [4.78, 5) is 11.6. The smallest absolute Gasteiger partial charge is 0.319 e. The lowest BCUT2D eigenvalue weighted by molar-refractivity contribution is 0.249. The van der Waals surface area contributed by atoms with Crippen molar-refractivity contribution in [1.29, 1.82) is 0 Å². The summed E-state index contributed by atoms with van der Waals surface area (Å²) in [5.41, 5.74) is 0.0431. The van der Waals surface area contributed by atoms with Gasteiger partial charge in [-0.3, -0.25) is 0 Å². The average molecular weight is 351 g/mol. The summed E-state index contributed by atoms with van der Waals surface area (Å²) in [6.45, 7) is 0. The predicted octanol–water partition coefficient (Wildman–Crippen LogP) is 1.90. The van der Waals surface area contributed by atoms with Crippen LogP contribution in [0.5, 0.6) is 0 Å². The molecule has 1 aromatic carbocycles. The van der Waals surface area contributed by atoms with Crippen LogP contribution in [0.3, 0.4) is 0 Å². The summed E-state index contributed by atoms with van der Waals surface area (Å²) in [6.07, 6.45) is 0.387. The number of sulfone groups is 1. The lowest BCUT2D eigenvalue weighted by Crippen LogP contribution is -2.38. The van der Waals surface area contributed by atoms with Crippen molar-refractivity contribution in [2.75, 3.05) is 16.8 Å². The van der Waals surface area contributed by atoms with Crippen molar-refractivity contribution in [3.8, 4) is 0 Å². The van der Waals surface area contributed by atoms with E-state index in [1.54, 1.807) is 6.07 Å². The van der Waals surface area contributed by atoms with Gasteiger partial charge in [0.15, 0.2) is 9.84 Å². The van der Waals surface area contributed by atoms with E-state index in [0.29, 0.717) is 10.9 Å². The maximum Gasteiger partial charge on any atom is 0.319 e. The van der Waals surface area contributed by atoms with E-state index in [0.717, 1.165) is 0 Å². The Labute approximate surface area is 118 Å². The van der Waals surface area contributed by atoms with Crippen LogP contribution in [0.15, 0.2) is 22.7 Å². The number of nitrogens with one attached hydrogen (secondary N) is 2. The molecule has 5 nitrogen and oxygen atoms in total. The second-order valence-corrected chi connectivity index (χ2v) is 7.47. The standard InChI is InChI=1S/C11H12BrFN2O3S/c12-7-1-2-10(9(13)5-7)15-11(16)14-8-3-4-19(17,18)6-8/h1-2,5,8H,3-4,6H2,(H2,14,15,16). The topological polar surface area (TPSA) is 75.3 Å². The Morgan fingerprint density at radius 1 is 1.42 bits per heavy atom. The maximum atomic E-state index is 13.5. The van der Waals surface area contributed by atoms with E-state index in [-0.39, 0.29) is 17.2 Å². The van der Waals surface area contributed by atoms with E-state index < -0.39 is 27.7 Å². The normalized spacial score (nSPS) is 21.1. The van der Waals surface area contributed by atoms with Gasteiger partial charge in [-0.05, 0) is 24.6 Å². The van der Waals surface area contributed by atoms with Gasteiger partial charge in [0.25, 0.3) is 0 Å². The van der Waals surface area contributed by atoms with Gasteiger partial charge < -0.3 is 10.6 Å². The zero-order chi connectivity index (χ0) is 14.0. The number of urea groups is 1. The molecule has 1 saturated heterocycles. The number of hydrogen-bond acceptors (Lipinski definition) is 3. The predicted molar refractivity (Wildman–Crippen MR) is 73.3 cm³/mol. The Kier molecular flexibility index (Phi) is 4.10. The molecule has 1 atom stereocenters. The molecule has 1 heterocycles. The molecule has 0 bridgehead atoms. The van der Waals surface area contributed by atoms with Crippen molar-refractivity contribution in [2.24, 2.45) is 0 Å². The molecular formula is C11H12BrFN2O3S. The fourth-order valence-electron chi connectivity index (χ4n) is 1.84. The first kappa shape index (κ1) is 14.3. The van der Waals surface area contributed by atoms with Gasteiger partial charge in [-0.1, -0.05) is 15.9 Å². The third-order valence-electron chi connectivity index (χ3n) is 2.75. The summed E-state index contributed by atoms with van der Waals surface area (Å²) in [7, 11) is -3.05. The van der Waals surface area contributed by atoms with E-state index >= 15 is 0 Å². The van der Waals surface area contributed by atoms with E-state index in [2.05, 4.69) is 26.6 Å². The molecule has 104 valence electrons. The number of benzene rings is 1. The summed E-state index contributed by atoms with van der Waals surface area (Å²) >= 11 is 3.11. The number of halogens is 2. The highest BCUT2D eigenvalue weighted by Crippen LogP contribution is 2.19. The molecule has 8 heteroatoms. The minimum Gasteiger partial charge on any atom is -0.334 e. The highest BCUT2D eigenvalue weighted by molar-refractivity contribution is 9.10. The zero-order valence-corrected chi connectivity index (χ0v) is 12.2. The first-order valence-corrected chi connectivity index (χ1v) is 8.20. The van der Waals surface area contributed by atoms with Crippen molar-refractivity contribution in [3.63, 3.8) is 0 Å². The SMILES string of the molecule is O=C(Nc1ccc(Br)cc1F)NC1CCS(=O)(=O)C1. The lowest BCUT2D eigenvalue weighted by atomic mass is 10.3.